The van der Waals surface area contributed by atoms with Gasteiger partial charge in [-0.15, -0.1) is 0 Å². The predicted octanol–water partition coefficient (Wildman–Crippen LogP) is 0.111. The molecule has 0 aliphatic rings. The molecule has 1 aromatic rings. The average Bonchev–Trinajstić information content (AvgIpc) is 2.28. The monoisotopic (exact) mass is 291 g/mol. The van der Waals surface area contributed by atoms with Crippen LogP contribution in [0.4, 0.5) is 0 Å². The Kier molecular flexibility index (Phi) is 8.53. The van der Waals surface area contributed by atoms with E-state index in [4.69, 9.17) is 14.8 Å². The lowest BCUT2D eigenvalue weighted by Crippen LogP contribution is -2.21. The molecule has 110 valence electrons. The zero-order valence-electron chi connectivity index (χ0n) is 11.1. The second-order valence-corrected chi connectivity index (χ2v) is 5.33. The maximum atomic E-state index is 10.7. The second-order valence-electron chi connectivity index (χ2n) is 3.94. The molecule has 0 heterocycles. The van der Waals surface area contributed by atoms with Crippen LogP contribution in [0.5, 0.6) is 0 Å². The fraction of sp³-hybridized carbons (Fsp3) is 0.500. The molecular weight excluding hydrogens is 270 g/mol. The molecule has 6 nitrogen and oxygen atoms in total. The Balaban J connectivity index is 0.000000399. The molecule has 0 atom stereocenters. The Morgan fingerprint density at radius 3 is 2.00 bits per heavy atom. The van der Waals surface area contributed by atoms with E-state index in [0.29, 0.717) is 18.7 Å². The minimum atomic E-state index is -4.05. The van der Waals surface area contributed by atoms with Crippen molar-refractivity contribution >= 4 is 10.1 Å². The van der Waals surface area contributed by atoms with E-state index < -0.39 is 10.1 Å². The molecule has 0 radical (unpaired) electrons. The fourth-order valence-electron chi connectivity index (χ4n) is 1.37. The number of aryl methyl sites for hydroxylation is 2. The lowest BCUT2D eigenvalue weighted by atomic mass is 10.2. The summed E-state index contributed by atoms with van der Waals surface area (Å²) in [6.07, 6.45) is 0. The van der Waals surface area contributed by atoms with Gasteiger partial charge in [-0.1, -0.05) is 17.7 Å². The van der Waals surface area contributed by atoms with E-state index in [1.165, 1.54) is 6.07 Å². The first-order valence-corrected chi connectivity index (χ1v) is 7.24. The molecule has 0 aliphatic carbocycles. The first-order chi connectivity index (χ1) is 8.82. The Hall–Kier alpha value is -0.990. The maximum Gasteiger partial charge on any atom is 0.294 e. The van der Waals surface area contributed by atoms with Gasteiger partial charge >= 0.3 is 0 Å². The summed E-state index contributed by atoms with van der Waals surface area (Å²) >= 11 is 0. The number of aliphatic hydroxyl groups excluding tert-OH is 2. The maximum absolute atomic E-state index is 10.7. The summed E-state index contributed by atoms with van der Waals surface area (Å²) in [7, 11) is -4.05. The predicted molar refractivity (Wildman–Crippen MR) is 72.8 cm³/mol. The van der Waals surface area contributed by atoms with Crippen molar-refractivity contribution in [1.82, 2.24) is 5.32 Å². The molecule has 0 aromatic heterocycles. The Labute approximate surface area is 113 Å². The molecule has 0 unspecified atom stereocenters. The number of hydrogen-bond acceptors (Lipinski definition) is 5. The van der Waals surface area contributed by atoms with E-state index in [0.717, 1.165) is 5.56 Å². The van der Waals surface area contributed by atoms with Crippen molar-refractivity contribution in [2.24, 2.45) is 0 Å². The number of hydrogen-bond donors (Lipinski definition) is 4. The Morgan fingerprint density at radius 2 is 1.63 bits per heavy atom. The SMILES string of the molecule is Cc1ccc(S(=O)(=O)O)c(C)c1.OCCNCCO. The summed E-state index contributed by atoms with van der Waals surface area (Å²) in [4.78, 5) is -0.0203. The van der Waals surface area contributed by atoms with Crippen LogP contribution in [-0.4, -0.2) is 49.5 Å². The second kappa shape index (κ2) is 9.00. The van der Waals surface area contributed by atoms with Crippen LogP contribution in [0.3, 0.4) is 0 Å². The van der Waals surface area contributed by atoms with Crippen LogP contribution in [0, 0.1) is 13.8 Å². The zero-order valence-corrected chi connectivity index (χ0v) is 11.9. The average molecular weight is 291 g/mol. The van der Waals surface area contributed by atoms with Crippen molar-refractivity contribution in [3.05, 3.63) is 29.3 Å². The van der Waals surface area contributed by atoms with Gasteiger partial charge in [0.2, 0.25) is 0 Å². The number of aliphatic hydroxyl groups is 2. The highest BCUT2D eigenvalue weighted by atomic mass is 32.2. The highest BCUT2D eigenvalue weighted by Gasteiger charge is 2.11. The molecule has 0 spiro atoms. The first kappa shape index (κ1) is 18.0. The van der Waals surface area contributed by atoms with Gasteiger partial charge in [-0.3, -0.25) is 4.55 Å². The fourth-order valence-corrected chi connectivity index (χ4v) is 2.08. The van der Waals surface area contributed by atoms with Crippen molar-refractivity contribution < 1.29 is 23.2 Å². The van der Waals surface area contributed by atoms with Gasteiger partial charge in [0, 0.05) is 13.1 Å². The molecule has 7 heteroatoms. The third-order valence-electron chi connectivity index (χ3n) is 2.19. The van der Waals surface area contributed by atoms with E-state index >= 15 is 0 Å². The Morgan fingerprint density at radius 1 is 1.11 bits per heavy atom. The summed E-state index contributed by atoms with van der Waals surface area (Å²) in [5.41, 5.74) is 1.54. The summed E-state index contributed by atoms with van der Waals surface area (Å²) < 4.78 is 30.2. The lowest BCUT2D eigenvalue weighted by Gasteiger charge is -2.02. The van der Waals surface area contributed by atoms with Crippen molar-refractivity contribution in [2.45, 2.75) is 18.7 Å². The number of nitrogens with one attached hydrogen (secondary N) is 1. The van der Waals surface area contributed by atoms with E-state index in [1.807, 2.05) is 6.92 Å². The molecule has 1 aromatic carbocycles. The van der Waals surface area contributed by atoms with Crippen molar-refractivity contribution in [3.63, 3.8) is 0 Å². The molecule has 0 fully saturated rings. The van der Waals surface area contributed by atoms with Gasteiger partial charge in [-0.05, 0) is 25.5 Å². The lowest BCUT2D eigenvalue weighted by molar-refractivity contribution is 0.266. The number of rotatable bonds is 5. The Bertz CT molecular complexity index is 469. The van der Waals surface area contributed by atoms with Crippen LogP contribution in [0.1, 0.15) is 11.1 Å². The van der Waals surface area contributed by atoms with Crippen LogP contribution >= 0.6 is 0 Å². The minimum Gasteiger partial charge on any atom is -0.395 e. The van der Waals surface area contributed by atoms with Gasteiger partial charge in [-0.25, -0.2) is 0 Å². The van der Waals surface area contributed by atoms with Gasteiger partial charge in [0.1, 0.15) is 0 Å². The van der Waals surface area contributed by atoms with Gasteiger partial charge in [0.15, 0.2) is 0 Å². The molecule has 19 heavy (non-hydrogen) atoms. The molecule has 0 saturated heterocycles. The third-order valence-corrected chi connectivity index (χ3v) is 3.20. The van der Waals surface area contributed by atoms with E-state index in [2.05, 4.69) is 5.32 Å². The largest absolute Gasteiger partial charge is 0.395 e. The number of benzene rings is 1. The van der Waals surface area contributed by atoms with Crippen LogP contribution in [0.25, 0.3) is 0 Å². The molecule has 0 bridgehead atoms. The van der Waals surface area contributed by atoms with Crippen LogP contribution in [0.15, 0.2) is 23.1 Å². The van der Waals surface area contributed by atoms with Crippen LogP contribution in [0.2, 0.25) is 0 Å². The van der Waals surface area contributed by atoms with Gasteiger partial charge < -0.3 is 15.5 Å². The molecular formula is C12H21NO5S. The molecule has 4 N–H and O–H groups in total. The first-order valence-electron chi connectivity index (χ1n) is 5.80. The molecule has 0 saturated carbocycles. The molecule has 0 amide bonds. The summed E-state index contributed by atoms with van der Waals surface area (Å²) in [6, 6.07) is 4.76. The van der Waals surface area contributed by atoms with E-state index in [-0.39, 0.29) is 18.1 Å². The topological polar surface area (TPSA) is 107 Å². The van der Waals surface area contributed by atoms with Crippen molar-refractivity contribution in [3.8, 4) is 0 Å². The molecule has 1 rings (SSSR count). The van der Waals surface area contributed by atoms with E-state index in [9.17, 15) is 8.42 Å². The highest BCUT2D eigenvalue weighted by molar-refractivity contribution is 7.85. The van der Waals surface area contributed by atoms with Crippen LogP contribution in [-0.2, 0) is 10.1 Å². The third kappa shape index (κ3) is 7.91. The quantitative estimate of drug-likeness (QED) is 0.453. The van der Waals surface area contributed by atoms with Gasteiger partial charge in [0.25, 0.3) is 10.1 Å². The summed E-state index contributed by atoms with van der Waals surface area (Å²) in [6.45, 7) is 4.93. The minimum absolute atomic E-state index is 0.0203. The van der Waals surface area contributed by atoms with Crippen molar-refractivity contribution in [2.75, 3.05) is 26.3 Å². The summed E-state index contributed by atoms with van der Waals surface area (Å²) in [5.74, 6) is 0. The smallest absolute Gasteiger partial charge is 0.294 e. The van der Waals surface area contributed by atoms with Crippen LogP contribution < -0.4 is 5.32 Å². The zero-order chi connectivity index (χ0) is 14.9. The molecule has 0 aliphatic heterocycles. The standard InChI is InChI=1S/C8H10O3S.C4H11NO2/c1-6-3-4-8(7(2)5-6)12(9,10)11;6-3-1-5-2-4-7/h3-5H,1-2H3,(H,9,10,11);5-7H,1-4H2. The van der Waals surface area contributed by atoms with Gasteiger partial charge in [-0.2, -0.15) is 8.42 Å². The highest BCUT2D eigenvalue weighted by Crippen LogP contribution is 2.15. The van der Waals surface area contributed by atoms with Crippen molar-refractivity contribution in [1.29, 1.82) is 0 Å². The van der Waals surface area contributed by atoms with Gasteiger partial charge in [0.05, 0.1) is 18.1 Å². The normalized spacial score (nSPS) is 10.8. The summed E-state index contributed by atoms with van der Waals surface area (Å²) in [5, 5.41) is 19.1. The van der Waals surface area contributed by atoms with E-state index in [1.54, 1.807) is 19.1 Å².